The fraction of sp³-hybridized carbons (Fsp3) is 0.188. The molecule has 0 unspecified atom stereocenters. The Balaban J connectivity index is 2.15. The van der Waals surface area contributed by atoms with Gasteiger partial charge >= 0.3 is 6.18 Å². The van der Waals surface area contributed by atoms with E-state index in [1.165, 1.54) is 36.4 Å². The second kappa shape index (κ2) is 7.49. The number of thioether (sulfide) groups is 1. The number of halogens is 3. The van der Waals surface area contributed by atoms with E-state index in [0.717, 1.165) is 6.26 Å². The summed E-state index contributed by atoms with van der Waals surface area (Å²) in [6.07, 6.45) is -3.26. The van der Waals surface area contributed by atoms with Gasteiger partial charge in [0, 0.05) is 16.7 Å². The lowest BCUT2D eigenvalue weighted by Gasteiger charge is -2.12. The molecular weight excluding hydrogens is 375 g/mol. The number of sulfone groups is 1. The molecule has 0 fully saturated rings. The van der Waals surface area contributed by atoms with E-state index in [2.05, 4.69) is 5.32 Å². The summed E-state index contributed by atoms with van der Waals surface area (Å²) in [7, 11) is -3.37. The number of rotatable bonds is 5. The quantitative estimate of drug-likeness (QED) is 0.786. The Labute approximate surface area is 147 Å². The molecule has 0 aliphatic heterocycles. The van der Waals surface area contributed by atoms with E-state index in [-0.39, 0.29) is 16.1 Å². The van der Waals surface area contributed by atoms with Gasteiger partial charge in [0.25, 0.3) is 5.91 Å². The molecule has 9 heteroatoms. The summed E-state index contributed by atoms with van der Waals surface area (Å²) in [6.45, 7) is 0. The van der Waals surface area contributed by atoms with Crippen LogP contribution in [0.4, 0.5) is 18.9 Å². The van der Waals surface area contributed by atoms with Crippen molar-refractivity contribution < 1.29 is 26.4 Å². The molecular formula is C16H14F3NO3S2. The van der Waals surface area contributed by atoms with Gasteiger partial charge in [0.1, 0.15) is 0 Å². The zero-order chi connectivity index (χ0) is 18.7. The third kappa shape index (κ3) is 5.79. The summed E-state index contributed by atoms with van der Waals surface area (Å²) in [5, 5.41) is 2.54. The SMILES string of the molecule is CS(=O)(=O)c1ccc(C(=O)Nc2ccccc2SCC(F)(F)F)cc1. The number of anilines is 1. The maximum atomic E-state index is 12.4. The lowest BCUT2D eigenvalue weighted by molar-refractivity contribution is -0.105. The minimum Gasteiger partial charge on any atom is -0.321 e. The molecule has 2 rings (SSSR count). The monoisotopic (exact) mass is 389 g/mol. The Hall–Kier alpha value is -2.00. The molecule has 2 aromatic rings. The maximum absolute atomic E-state index is 12.4. The van der Waals surface area contributed by atoms with Gasteiger partial charge in [0.05, 0.1) is 16.3 Å². The Kier molecular flexibility index (Phi) is 5.79. The second-order valence-electron chi connectivity index (χ2n) is 5.15. The van der Waals surface area contributed by atoms with E-state index in [4.69, 9.17) is 0 Å². The molecule has 0 saturated carbocycles. The van der Waals surface area contributed by atoms with Gasteiger partial charge in [-0.3, -0.25) is 4.79 Å². The highest BCUT2D eigenvalue weighted by atomic mass is 32.2. The number of carbonyl (C=O) groups is 1. The van der Waals surface area contributed by atoms with Crippen molar-refractivity contribution in [2.24, 2.45) is 0 Å². The normalized spacial score (nSPS) is 12.0. The van der Waals surface area contributed by atoms with E-state index >= 15 is 0 Å². The van der Waals surface area contributed by atoms with Crippen LogP contribution in [0.3, 0.4) is 0 Å². The van der Waals surface area contributed by atoms with E-state index < -0.39 is 27.7 Å². The molecule has 2 aromatic carbocycles. The number of nitrogens with one attached hydrogen (secondary N) is 1. The summed E-state index contributed by atoms with van der Waals surface area (Å²) < 4.78 is 59.9. The molecule has 0 aliphatic carbocycles. The van der Waals surface area contributed by atoms with Crippen LogP contribution in [0, 0.1) is 0 Å². The molecule has 0 spiro atoms. The Morgan fingerprint density at radius 2 is 1.68 bits per heavy atom. The topological polar surface area (TPSA) is 63.2 Å². The van der Waals surface area contributed by atoms with E-state index in [0.29, 0.717) is 16.7 Å². The van der Waals surface area contributed by atoms with Crippen LogP contribution in [0.25, 0.3) is 0 Å². The molecule has 25 heavy (non-hydrogen) atoms. The van der Waals surface area contributed by atoms with Gasteiger partial charge in [-0.2, -0.15) is 13.2 Å². The molecule has 0 aliphatic rings. The maximum Gasteiger partial charge on any atom is 0.398 e. The average molecular weight is 389 g/mol. The Bertz CT molecular complexity index is 863. The molecule has 4 nitrogen and oxygen atoms in total. The first-order chi connectivity index (χ1) is 11.6. The van der Waals surface area contributed by atoms with E-state index in [1.807, 2.05) is 0 Å². The number of benzene rings is 2. The highest BCUT2D eigenvalue weighted by Crippen LogP contribution is 2.32. The Morgan fingerprint density at radius 1 is 1.08 bits per heavy atom. The van der Waals surface area contributed by atoms with Gasteiger partial charge in [0.2, 0.25) is 0 Å². The minimum absolute atomic E-state index is 0.0742. The summed E-state index contributed by atoms with van der Waals surface area (Å²) in [5.41, 5.74) is 0.456. The minimum atomic E-state index is -4.32. The van der Waals surface area contributed by atoms with Crippen molar-refractivity contribution in [3.8, 4) is 0 Å². The van der Waals surface area contributed by atoms with Crippen molar-refractivity contribution in [3.05, 3.63) is 54.1 Å². The fourth-order valence-electron chi connectivity index (χ4n) is 1.90. The molecule has 0 aromatic heterocycles. The van der Waals surface area contributed by atoms with E-state index in [9.17, 15) is 26.4 Å². The van der Waals surface area contributed by atoms with Gasteiger partial charge in [-0.05, 0) is 36.4 Å². The lowest BCUT2D eigenvalue weighted by Crippen LogP contribution is -2.14. The molecule has 0 bridgehead atoms. The molecule has 0 atom stereocenters. The predicted molar refractivity (Wildman–Crippen MR) is 90.7 cm³/mol. The number of amides is 1. The third-order valence-electron chi connectivity index (χ3n) is 3.07. The van der Waals surface area contributed by atoms with Gasteiger partial charge < -0.3 is 5.32 Å². The van der Waals surface area contributed by atoms with Crippen LogP contribution in [0.15, 0.2) is 58.3 Å². The molecule has 0 saturated heterocycles. The van der Waals surface area contributed by atoms with Crippen LogP contribution in [-0.4, -0.2) is 32.5 Å². The largest absolute Gasteiger partial charge is 0.398 e. The molecule has 1 N–H and O–H groups in total. The number of para-hydroxylation sites is 1. The first-order valence-corrected chi connectivity index (χ1v) is 9.84. The van der Waals surface area contributed by atoms with Crippen molar-refractivity contribution in [1.29, 1.82) is 0 Å². The summed E-state index contributed by atoms with van der Waals surface area (Å²) >= 11 is 0.578. The van der Waals surface area contributed by atoms with Crippen LogP contribution in [0.5, 0.6) is 0 Å². The first-order valence-electron chi connectivity index (χ1n) is 6.96. The van der Waals surface area contributed by atoms with Crippen LogP contribution < -0.4 is 5.32 Å². The third-order valence-corrected chi connectivity index (χ3v) is 5.34. The molecule has 0 radical (unpaired) electrons. The zero-order valence-electron chi connectivity index (χ0n) is 13.0. The summed E-state index contributed by atoms with van der Waals surface area (Å²) in [4.78, 5) is 12.6. The highest BCUT2D eigenvalue weighted by molar-refractivity contribution is 7.99. The molecule has 1 amide bonds. The van der Waals surface area contributed by atoms with Crippen molar-refractivity contribution in [1.82, 2.24) is 0 Å². The average Bonchev–Trinajstić information content (AvgIpc) is 2.52. The number of alkyl halides is 3. The smallest absolute Gasteiger partial charge is 0.321 e. The first kappa shape index (κ1) is 19.3. The van der Waals surface area contributed by atoms with Crippen molar-refractivity contribution in [3.63, 3.8) is 0 Å². The van der Waals surface area contributed by atoms with E-state index in [1.54, 1.807) is 12.1 Å². The standard InChI is InChI=1S/C16H14F3NO3S2/c1-25(22,23)12-8-6-11(7-9-12)15(21)20-13-4-2-3-5-14(13)24-10-16(17,18)19/h2-9H,10H2,1H3,(H,20,21). The number of carbonyl (C=O) groups excluding carboxylic acids is 1. The van der Waals surface area contributed by atoms with Crippen LogP contribution >= 0.6 is 11.8 Å². The van der Waals surface area contributed by atoms with Gasteiger partial charge in [-0.15, -0.1) is 11.8 Å². The zero-order valence-corrected chi connectivity index (χ0v) is 14.6. The highest BCUT2D eigenvalue weighted by Gasteiger charge is 2.27. The molecule has 0 heterocycles. The lowest BCUT2D eigenvalue weighted by atomic mass is 10.2. The number of hydrogen-bond acceptors (Lipinski definition) is 4. The Morgan fingerprint density at radius 3 is 2.24 bits per heavy atom. The van der Waals surface area contributed by atoms with Crippen LogP contribution in [0.2, 0.25) is 0 Å². The molecule has 134 valence electrons. The number of hydrogen-bond donors (Lipinski definition) is 1. The van der Waals surface area contributed by atoms with Gasteiger partial charge in [0.15, 0.2) is 9.84 Å². The fourth-order valence-corrected chi connectivity index (χ4v) is 3.30. The second-order valence-corrected chi connectivity index (χ2v) is 8.18. The van der Waals surface area contributed by atoms with Crippen molar-refractivity contribution in [2.45, 2.75) is 16.0 Å². The van der Waals surface area contributed by atoms with Gasteiger partial charge in [-0.1, -0.05) is 12.1 Å². The van der Waals surface area contributed by atoms with Crippen molar-refractivity contribution in [2.75, 3.05) is 17.3 Å². The summed E-state index contributed by atoms with van der Waals surface area (Å²) in [5.74, 6) is -1.61. The predicted octanol–water partition coefficient (Wildman–Crippen LogP) is 4.00. The van der Waals surface area contributed by atoms with Gasteiger partial charge in [-0.25, -0.2) is 8.42 Å². The van der Waals surface area contributed by atoms with Crippen LogP contribution in [0.1, 0.15) is 10.4 Å². The van der Waals surface area contributed by atoms with Crippen LogP contribution in [-0.2, 0) is 9.84 Å². The van der Waals surface area contributed by atoms with Crippen molar-refractivity contribution >= 4 is 33.2 Å². The summed E-state index contributed by atoms with van der Waals surface area (Å²) in [6, 6.07) is 11.5.